The third kappa shape index (κ3) is 2.63. The summed E-state index contributed by atoms with van der Waals surface area (Å²) in [7, 11) is -0.481. The highest BCUT2D eigenvalue weighted by Crippen LogP contribution is 2.30. The number of aliphatic hydroxyl groups is 1. The third-order valence-corrected chi connectivity index (χ3v) is 3.82. The van der Waals surface area contributed by atoms with Crippen LogP contribution in [0, 0.1) is 0 Å². The van der Waals surface area contributed by atoms with Crippen LogP contribution in [0.15, 0.2) is 0 Å². The highest BCUT2D eigenvalue weighted by molar-refractivity contribution is 7.87. The molecule has 0 atom stereocenters. The lowest BCUT2D eigenvalue weighted by Crippen LogP contribution is -2.49. The fraction of sp³-hybridized carbons (Fsp3) is 1.00. The molecule has 5 nitrogen and oxygen atoms in total. The first-order valence-electron chi connectivity index (χ1n) is 4.25. The Bertz CT molecular complexity index is 269. The van der Waals surface area contributed by atoms with Gasteiger partial charge in [0.05, 0.1) is 5.60 Å². The Morgan fingerprint density at radius 1 is 1.46 bits per heavy atom. The average Bonchev–Trinajstić information content (AvgIpc) is 1.97. The minimum Gasteiger partial charge on any atom is -0.389 e. The van der Waals surface area contributed by atoms with E-state index in [1.54, 1.807) is 0 Å². The maximum absolute atomic E-state index is 11.2. The molecule has 0 radical (unpaired) electrons. The first-order chi connectivity index (χ1) is 5.86. The molecule has 1 aliphatic rings. The molecule has 1 saturated carbocycles. The number of rotatable bonds is 4. The number of hydrogen-bond acceptors (Lipinski definition) is 3. The zero-order chi connectivity index (χ0) is 10.1. The van der Waals surface area contributed by atoms with E-state index in [0.717, 1.165) is 10.7 Å². The van der Waals surface area contributed by atoms with E-state index in [1.165, 1.54) is 14.1 Å². The molecule has 0 heterocycles. The van der Waals surface area contributed by atoms with E-state index in [4.69, 9.17) is 0 Å². The Morgan fingerprint density at radius 3 is 2.31 bits per heavy atom. The number of nitrogens with one attached hydrogen (secondary N) is 1. The molecule has 78 valence electrons. The van der Waals surface area contributed by atoms with Crippen LogP contribution >= 0.6 is 0 Å². The van der Waals surface area contributed by atoms with Crippen molar-refractivity contribution >= 4 is 10.2 Å². The van der Waals surface area contributed by atoms with Crippen LogP contribution in [0.1, 0.15) is 19.3 Å². The van der Waals surface area contributed by atoms with Crippen LogP contribution in [0.4, 0.5) is 0 Å². The van der Waals surface area contributed by atoms with Crippen molar-refractivity contribution < 1.29 is 13.5 Å². The molecule has 0 spiro atoms. The predicted octanol–water partition coefficient (Wildman–Crippen LogP) is -0.703. The van der Waals surface area contributed by atoms with Crippen molar-refractivity contribution in [2.24, 2.45) is 0 Å². The van der Waals surface area contributed by atoms with Crippen LogP contribution in [0.25, 0.3) is 0 Å². The van der Waals surface area contributed by atoms with E-state index in [9.17, 15) is 13.5 Å². The lowest BCUT2D eigenvalue weighted by molar-refractivity contribution is -0.0272. The lowest BCUT2D eigenvalue weighted by Gasteiger charge is -2.36. The zero-order valence-electron chi connectivity index (χ0n) is 7.95. The van der Waals surface area contributed by atoms with Gasteiger partial charge in [-0.05, 0) is 19.3 Å². The molecule has 1 fully saturated rings. The van der Waals surface area contributed by atoms with Crippen molar-refractivity contribution in [1.82, 2.24) is 9.03 Å². The molecular weight excluding hydrogens is 192 g/mol. The fourth-order valence-corrected chi connectivity index (χ4v) is 1.83. The molecule has 0 saturated heterocycles. The molecule has 0 aromatic rings. The van der Waals surface area contributed by atoms with Crippen molar-refractivity contribution in [3.63, 3.8) is 0 Å². The Hall–Kier alpha value is -0.170. The summed E-state index contributed by atoms with van der Waals surface area (Å²) in [6.45, 7) is 0.119. The van der Waals surface area contributed by atoms with Crippen molar-refractivity contribution in [2.75, 3.05) is 20.6 Å². The van der Waals surface area contributed by atoms with Gasteiger partial charge in [-0.1, -0.05) is 0 Å². The molecule has 0 amide bonds. The molecular formula is C7H16N2O3S. The summed E-state index contributed by atoms with van der Waals surface area (Å²) < 4.78 is 25.9. The van der Waals surface area contributed by atoms with Gasteiger partial charge in [0.25, 0.3) is 10.2 Å². The van der Waals surface area contributed by atoms with Crippen molar-refractivity contribution in [1.29, 1.82) is 0 Å². The molecule has 0 aromatic carbocycles. The van der Waals surface area contributed by atoms with Crippen LogP contribution in [-0.4, -0.2) is 44.1 Å². The van der Waals surface area contributed by atoms with E-state index in [1.807, 2.05) is 0 Å². The maximum atomic E-state index is 11.2. The number of hydrogen-bond donors (Lipinski definition) is 2. The second-order valence-electron chi connectivity index (χ2n) is 3.69. The molecule has 1 rings (SSSR count). The smallest absolute Gasteiger partial charge is 0.279 e. The molecule has 0 aliphatic heterocycles. The van der Waals surface area contributed by atoms with Gasteiger partial charge in [0.15, 0.2) is 0 Å². The molecule has 13 heavy (non-hydrogen) atoms. The van der Waals surface area contributed by atoms with E-state index < -0.39 is 15.8 Å². The first-order valence-corrected chi connectivity index (χ1v) is 5.69. The molecule has 0 unspecified atom stereocenters. The van der Waals surface area contributed by atoms with Crippen molar-refractivity contribution in [2.45, 2.75) is 24.9 Å². The predicted molar refractivity (Wildman–Crippen MR) is 49.4 cm³/mol. The Balaban J connectivity index is 2.42. The topological polar surface area (TPSA) is 69.6 Å². The van der Waals surface area contributed by atoms with Crippen LogP contribution in [0.5, 0.6) is 0 Å². The minimum atomic E-state index is -3.38. The second-order valence-corrected chi connectivity index (χ2v) is 5.66. The summed E-state index contributed by atoms with van der Waals surface area (Å²) in [5.74, 6) is 0. The summed E-state index contributed by atoms with van der Waals surface area (Å²) in [5.41, 5.74) is -0.803. The second kappa shape index (κ2) is 3.53. The molecule has 0 aromatic heterocycles. The van der Waals surface area contributed by atoms with Crippen molar-refractivity contribution in [3.8, 4) is 0 Å². The van der Waals surface area contributed by atoms with Gasteiger partial charge >= 0.3 is 0 Å². The third-order valence-electron chi connectivity index (χ3n) is 2.35. The molecule has 2 N–H and O–H groups in total. The number of nitrogens with zero attached hydrogens (tertiary/aromatic N) is 1. The normalized spacial score (nSPS) is 21.5. The maximum Gasteiger partial charge on any atom is 0.279 e. The average molecular weight is 208 g/mol. The SMILES string of the molecule is CN(C)S(=O)(=O)NCC1(O)CCC1. The van der Waals surface area contributed by atoms with Crippen LogP contribution in [0.2, 0.25) is 0 Å². The highest BCUT2D eigenvalue weighted by Gasteiger charge is 2.35. The van der Waals surface area contributed by atoms with Gasteiger partial charge < -0.3 is 5.11 Å². The summed E-state index contributed by atoms with van der Waals surface area (Å²) in [4.78, 5) is 0. The Kier molecular flexibility index (Phi) is 2.96. The Labute approximate surface area is 78.9 Å². The lowest BCUT2D eigenvalue weighted by atomic mass is 9.81. The largest absolute Gasteiger partial charge is 0.389 e. The summed E-state index contributed by atoms with van der Waals surface area (Å²) >= 11 is 0. The summed E-state index contributed by atoms with van der Waals surface area (Å²) in [5, 5.41) is 9.61. The van der Waals surface area contributed by atoms with Gasteiger partial charge in [-0.2, -0.15) is 17.4 Å². The van der Waals surface area contributed by atoms with Gasteiger partial charge in [-0.3, -0.25) is 0 Å². The summed E-state index contributed by atoms with van der Waals surface area (Å²) in [6, 6.07) is 0. The van der Waals surface area contributed by atoms with E-state index in [2.05, 4.69) is 4.72 Å². The highest BCUT2D eigenvalue weighted by atomic mass is 32.2. The van der Waals surface area contributed by atoms with Gasteiger partial charge in [0.2, 0.25) is 0 Å². The van der Waals surface area contributed by atoms with Crippen LogP contribution in [-0.2, 0) is 10.2 Å². The van der Waals surface area contributed by atoms with Crippen LogP contribution in [0.3, 0.4) is 0 Å². The van der Waals surface area contributed by atoms with E-state index in [-0.39, 0.29) is 6.54 Å². The quantitative estimate of drug-likeness (QED) is 0.641. The molecule has 0 bridgehead atoms. The summed E-state index contributed by atoms with van der Waals surface area (Å²) in [6.07, 6.45) is 2.34. The van der Waals surface area contributed by atoms with Crippen LogP contribution < -0.4 is 4.72 Å². The monoisotopic (exact) mass is 208 g/mol. The molecule has 1 aliphatic carbocycles. The van der Waals surface area contributed by atoms with Gasteiger partial charge in [-0.15, -0.1) is 0 Å². The minimum absolute atomic E-state index is 0.119. The molecule has 6 heteroatoms. The van der Waals surface area contributed by atoms with Gasteiger partial charge in [-0.25, -0.2) is 0 Å². The first kappa shape index (κ1) is 10.9. The van der Waals surface area contributed by atoms with Crippen molar-refractivity contribution in [3.05, 3.63) is 0 Å². The van der Waals surface area contributed by atoms with Gasteiger partial charge in [0, 0.05) is 20.6 Å². The fourth-order valence-electron chi connectivity index (χ4n) is 1.12. The van der Waals surface area contributed by atoms with E-state index in [0.29, 0.717) is 12.8 Å². The van der Waals surface area contributed by atoms with E-state index >= 15 is 0 Å². The Morgan fingerprint density at radius 2 is 2.00 bits per heavy atom. The zero-order valence-corrected chi connectivity index (χ0v) is 8.76. The van der Waals surface area contributed by atoms with Gasteiger partial charge in [0.1, 0.15) is 0 Å². The standard InChI is InChI=1S/C7H16N2O3S/c1-9(2)13(11,12)8-6-7(10)4-3-5-7/h8,10H,3-6H2,1-2H3.